The predicted octanol–water partition coefficient (Wildman–Crippen LogP) is 5.36. The number of hydrogen-bond donors (Lipinski definition) is 0. The summed E-state index contributed by atoms with van der Waals surface area (Å²) in [5, 5.41) is 0.398. The van der Waals surface area contributed by atoms with E-state index in [0.29, 0.717) is 24.9 Å². The summed E-state index contributed by atoms with van der Waals surface area (Å²) in [7, 11) is 0. The van der Waals surface area contributed by atoms with Crippen molar-refractivity contribution in [3.63, 3.8) is 0 Å². The van der Waals surface area contributed by atoms with E-state index in [1.807, 2.05) is 48.8 Å². The third-order valence-electron chi connectivity index (χ3n) is 3.93. The average Bonchev–Trinajstić information content (AvgIpc) is 2.63. The summed E-state index contributed by atoms with van der Waals surface area (Å²) in [6, 6.07) is 9.75. The van der Waals surface area contributed by atoms with Gasteiger partial charge in [-0.15, -0.1) is 0 Å². The van der Waals surface area contributed by atoms with Gasteiger partial charge in [0, 0.05) is 24.8 Å². The van der Waals surface area contributed by atoms with Crippen LogP contribution in [-0.4, -0.2) is 40.3 Å². The van der Waals surface area contributed by atoms with Crippen LogP contribution in [0, 0.1) is 0 Å². The maximum atomic E-state index is 12.6. The lowest BCUT2D eigenvalue weighted by Crippen LogP contribution is -2.36. The van der Waals surface area contributed by atoms with Gasteiger partial charge in [-0.2, -0.15) is 0 Å². The Labute approximate surface area is 162 Å². The fourth-order valence-corrected chi connectivity index (χ4v) is 10.9. The molecule has 1 rings (SSSR count). The lowest BCUT2D eigenvalue weighted by atomic mass is 10.3. The number of nitrogens with zero attached hydrogens (tertiary/aromatic N) is 2. The number of benzene rings is 1. The van der Waals surface area contributed by atoms with Crippen molar-refractivity contribution in [2.45, 2.75) is 52.7 Å². The van der Waals surface area contributed by atoms with Gasteiger partial charge in [0.2, 0.25) is 5.91 Å². The molecule has 0 aromatic heterocycles. The van der Waals surface area contributed by atoms with Gasteiger partial charge >= 0.3 is 0 Å². The minimum absolute atomic E-state index is 0.125. The molecule has 0 aliphatic rings. The highest BCUT2D eigenvalue weighted by atomic mass is 32.9. The molecule has 1 amide bonds. The lowest BCUT2D eigenvalue weighted by Gasteiger charge is -2.42. The normalized spacial score (nSPS) is 14.8. The van der Waals surface area contributed by atoms with Crippen LogP contribution < -0.4 is 4.74 Å². The zero-order chi connectivity index (χ0) is 18.9. The molecule has 0 spiro atoms. The summed E-state index contributed by atoms with van der Waals surface area (Å²) in [5.74, 6) is 0.945. The third-order valence-corrected chi connectivity index (χ3v) is 12.4. The summed E-state index contributed by atoms with van der Waals surface area (Å²) < 4.78 is 10.0. The molecule has 4 nitrogen and oxygen atoms in total. The van der Waals surface area contributed by atoms with Crippen molar-refractivity contribution in [3.8, 4) is 5.75 Å². The molecular formula is C18H31N2O2PS2. The molecule has 2 unspecified atom stereocenters. The molecule has 1 aromatic carbocycles. The molecule has 25 heavy (non-hydrogen) atoms. The van der Waals surface area contributed by atoms with Gasteiger partial charge in [-0.3, -0.25) is 9.46 Å². The first-order chi connectivity index (χ1) is 11.9. The van der Waals surface area contributed by atoms with E-state index in [2.05, 4.69) is 25.4 Å². The molecule has 0 heterocycles. The molecule has 0 fully saturated rings. The molecular weight excluding hydrogens is 371 g/mol. The Balaban J connectivity index is 3.08. The Bertz CT molecular complexity index is 571. The van der Waals surface area contributed by atoms with E-state index >= 15 is 0 Å². The highest BCUT2D eigenvalue weighted by Crippen LogP contribution is 2.66. The van der Waals surface area contributed by atoms with Crippen LogP contribution in [0.25, 0.3) is 0 Å². The van der Waals surface area contributed by atoms with Crippen molar-refractivity contribution in [1.82, 2.24) is 9.34 Å². The minimum Gasteiger partial charge on any atom is -0.478 e. The van der Waals surface area contributed by atoms with Crippen LogP contribution in [0.15, 0.2) is 30.3 Å². The fraction of sp³-hybridized carbons (Fsp3) is 0.611. The van der Waals surface area contributed by atoms with E-state index in [-0.39, 0.29) is 5.91 Å². The lowest BCUT2D eigenvalue weighted by molar-refractivity contribution is -0.126. The minimum atomic E-state index is -2.28. The molecule has 0 aliphatic carbocycles. The fourth-order valence-electron chi connectivity index (χ4n) is 2.27. The first-order valence-electron chi connectivity index (χ1n) is 8.95. The topological polar surface area (TPSA) is 32.8 Å². The molecule has 2 atom stereocenters. The Morgan fingerprint density at radius 2 is 1.84 bits per heavy atom. The SMILES string of the molecule is CCC(=O)N(CC)P(=S)(SC(C)CC)N(CC)COc1ccccc1. The van der Waals surface area contributed by atoms with Gasteiger partial charge in [0.1, 0.15) is 12.5 Å². The van der Waals surface area contributed by atoms with Crippen molar-refractivity contribution in [2.75, 3.05) is 19.8 Å². The number of carbonyl (C=O) groups is 1. The monoisotopic (exact) mass is 402 g/mol. The molecule has 0 N–H and O–H groups in total. The van der Waals surface area contributed by atoms with Crippen LogP contribution in [0.5, 0.6) is 5.75 Å². The third kappa shape index (κ3) is 6.28. The molecule has 7 heteroatoms. The number of hydrogen-bond acceptors (Lipinski definition) is 4. The number of ether oxygens (including phenoxy) is 1. The van der Waals surface area contributed by atoms with E-state index in [1.54, 1.807) is 11.4 Å². The maximum absolute atomic E-state index is 12.6. The predicted molar refractivity (Wildman–Crippen MR) is 114 cm³/mol. The van der Waals surface area contributed by atoms with Gasteiger partial charge < -0.3 is 4.74 Å². The van der Waals surface area contributed by atoms with E-state index in [0.717, 1.165) is 18.7 Å². The van der Waals surface area contributed by atoms with Crippen LogP contribution in [0.3, 0.4) is 0 Å². The van der Waals surface area contributed by atoms with Crippen LogP contribution in [-0.2, 0) is 16.6 Å². The van der Waals surface area contributed by atoms with E-state index in [4.69, 9.17) is 16.5 Å². The van der Waals surface area contributed by atoms with E-state index in [1.165, 1.54) is 0 Å². The number of amides is 1. The second kappa shape index (κ2) is 11.2. The molecule has 1 aromatic rings. The summed E-state index contributed by atoms with van der Waals surface area (Å²) in [6.07, 6.45) is 1.50. The zero-order valence-electron chi connectivity index (χ0n) is 16.0. The van der Waals surface area contributed by atoms with Crippen molar-refractivity contribution in [1.29, 1.82) is 0 Å². The number of para-hydroxylation sites is 1. The van der Waals surface area contributed by atoms with Gasteiger partial charge in [-0.05, 0) is 37.3 Å². The molecule has 0 radical (unpaired) electrons. The van der Waals surface area contributed by atoms with Gasteiger partial charge in [-0.1, -0.05) is 57.3 Å². The van der Waals surface area contributed by atoms with Crippen molar-refractivity contribution >= 4 is 34.6 Å². The first kappa shape index (κ1) is 22.5. The quantitative estimate of drug-likeness (QED) is 0.368. The van der Waals surface area contributed by atoms with Crippen LogP contribution >= 0.6 is 16.9 Å². The summed E-state index contributed by atoms with van der Waals surface area (Å²) in [6.45, 7) is 12.1. The van der Waals surface area contributed by atoms with Crippen molar-refractivity contribution in [3.05, 3.63) is 30.3 Å². The molecule has 0 bridgehead atoms. The second-order valence-corrected chi connectivity index (χ2v) is 13.1. The van der Waals surface area contributed by atoms with E-state index < -0.39 is 5.54 Å². The smallest absolute Gasteiger partial charge is 0.227 e. The number of rotatable bonds is 11. The Morgan fingerprint density at radius 1 is 1.20 bits per heavy atom. The molecule has 0 saturated carbocycles. The molecule has 0 saturated heterocycles. The Morgan fingerprint density at radius 3 is 2.32 bits per heavy atom. The second-order valence-electron chi connectivity index (χ2n) is 5.69. The van der Waals surface area contributed by atoms with E-state index in [9.17, 15) is 4.79 Å². The number of carbonyl (C=O) groups excluding carboxylic acids is 1. The van der Waals surface area contributed by atoms with Crippen molar-refractivity contribution in [2.24, 2.45) is 0 Å². The van der Waals surface area contributed by atoms with Gasteiger partial charge in [0.15, 0.2) is 5.54 Å². The van der Waals surface area contributed by atoms with Crippen LogP contribution in [0.4, 0.5) is 0 Å². The highest BCUT2D eigenvalue weighted by molar-refractivity contribution is 8.69. The van der Waals surface area contributed by atoms with Gasteiger partial charge in [0.25, 0.3) is 0 Å². The maximum Gasteiger partial charge on any atom is 0.227 e. The van der Waals surface area contributed by atoms with Gasteiger partial charge in [-0.25, -0.2) is 4.67 Å². The summed E-state index contributed by atoms with van der Waals surface area (Å²) in [5.41, 5.74) is -2.28. The van der Waals surface area contributed by atoms with Crippen molar-refractivity contribution < 1.29 is 9.53 Å². The van der Waals surface area contributed by atoms with Crippen LogP contribution in [0.2, 0.25) is 0 Å². The standard InChI is InChI=1S/C18H31N2O2PS2/c1-6-16(5)25-23(24,20(9-4)18(21)7-2)19(8-3)15-22-17-13-11-10-12-14-17/h10-14,16H,6-9,15H2,1-5H3. The van der Waals surface area contributed by atoms with Crippen LogP contribution in [0.1, 0.15) is 47.5 Å². The van der Waals surface area contributed by atoms with Gasteiger partial charge in [0.05, 0.1) is 0 Å². The molecule has 0 aliphatic heterocycles. The highest BCUT2D eigenvalue weighted by Gasteiger charge is 2.36. The zero-order valence-corrected chi connectivity index (χ0v) is 18.5. The largest absolute Gasteiger partial charge is 0.478 e. The average molecular weight is 403 g/mol. The first-order valence-corrected chi connectivity index (χ1v) is 13.1. The summed E-state index contributed by atoms with van der Waals surface area (Å²) >= 11 is 7.94. The Hall–Kier alpha value is -0.550. The Kier molecular flexibility index (Phi) is 10.1. The summed E-state index contributed by atoms with van der Waals surface area (Å²) in [4.78, 5) is 12.6. The molecule has 142 valence electrons.